The minimum atomic E-state index is -0.283. The maximum Gasteiger partial charge on any atom is 0.411 e. The summed E-state index contributed by atoms with van der Waals surface area (Å²) in [4.78, 5) is 17.9. The number of nitrogens with zero attached hydrogens (tertiary/aromatic N) is 1. The monoisotopic (exact) mass is 378 g/mol. The predicted octanol–water partition coefficient (Wildman–Crippen LogP) is 3.37. The first-order valence-corrected chi connectivity index (χ1v) is 9.26. The molecule has 7 nitrogen and oxygen atoms in total. The number of rotatable bonds is 2. The average Bonchev–Trinajstić information content (AvgIpc) is 3.42. The van der Waals surface area contributed by atoms with Crippen molar-refractivity contribution in [1.29, 1.82) is 0 Å². The summed E-state index contributed by atoms with van der Waals surface area (Å²) >= 11 is 0. The number of hydrogen-bond donors (Lipinski definition) is 1. The molecule has 3 aliphatic rings. The van der Waals surface area contributed by atoms with Crippen LogP contribution in [0.15, 0.2) is 36.4 Å². The number of carbonyl (C=O) groups excluding carboxylic acids is 1. The molecule has 1 N–H and O–H groups in total. The lowest BCUT2D eigenvalue weighted by Crippen LogP contribution is -2.42. The van der Waals surface area contributed by atoms with Crippen LogP contribution in [-0.4, -0.2) is 42.5 Å². The zero-order valence-corrected chi connectivity index (χ0v) is 15.2. The normalized spacial score (nSPS) is 22.2. The van der Waals surface area contributed by atoms with Gasteiger partial charge in [0.05, 0.1) is 13.2 Å². The van der Waals surface area contributed by atoms with Gasteiger partial charge in [-0.1, -0.05) is 6.07 Å². The molecule has 1 aromatic heterocycles. The molecule has 0 radical (unpaired) electrons. The van der Waals surface area contributed by atoms with Crippen molar-refractivity contribution >= 4 is 17.0 Å². The van der Waals surface area contributed by atoms with Crippen LogP contribution in [0.4, 0.5) is 4.79 Å². The number of cyclic esters (lactones) is 1. The lowest BCUT2D eigenvalue weighted by molar-refractivity contribution is 0.147. The van der Waals surface area contributed by atoms with Crippen molar-refractivity contribution in [3.63, 3.8) is 0 Å². The van der Waals surface area contributed by atoms with Crippen LogP contribution in [0, 0.1) is 0 Å². The van der Waals surface area contributed by atoms with E-state index in [0.717, 1.165) is 40.1 Å². The number of aromatic nitrogens is 1. The minimum Gasteiger partial charge on any atom is -0.497 e. The molecule has 2 aromatic carbocycles. The first-order chi connectivity index (χ1) is 13.7. The van der Waals surface area contributed by atoms with Gasteiger partial charge in [0.1, 0.15) is 18.4 Å². The molecule has 3 aliphatic heterocycles. The molecule has 142 valence electrons. The first kappa shape index (κ1) is 15.7. The Morgan fingerprint density at radius 3 is 2.89 bits per heavy atom. The molecule has 2 unspecified atom stereocenters. The second-order valence-electron chi connectivity index (χ2n) is 7.29. The van der Waals surface area contributed by atoms with Gasteiger partial charge >= 0.3 is 6.09 Å². The molecule has 2 atom stereocenters. The van der Waals surface area contributed by atoms with Gasteiger partial charge in [-0.2, -0.15) is 0 Å². The van der Waals surface area contributed by atoms with Gasteiger partial charge in [0.15, 0.2) is 11.5 Å². The fourth-order valence-electron chi connectivity index (χ4n) is 4.56. The second-order valence-corrected chi connectivity index (χ2v) is 7.29. The third-order valence-electron chi connectivity index (χ3n) is 5.85. The highest BCUT2D eigenvalue weighted by Gasteiger charge is 2.45. The van der Waals surface area contributed by atoms with Crippen LogP contribution in [-0.2, 0) is 11.2 Å². The Labute approximate surface area is 160 Å². The fraction of sp³-hybridized carbons (Fsp3) is 0.286. The predicted molar refractivity (Wildman–Crippen MR) is 99.9 cm³/mol. The smallest absolute Gasteiger partial charge is 0.411 e. The van der Waals surface area contributed by atoms with E-state index in [9.17, 15) is 4.79 Å². The summed E-state index contributed by atoms with van der Waals surface area (Å²) in [5.41, 5.74) is 4.21. The molecule has 1 amide bonds. The molecule has 3 aromatic rings. The van der Waals surface area contributed by atoms with Gasteiger partial charge in [-0.05, 0) is 47.9 Å². The number of methoxy groups -OCH3 is 1. The molecule has 7 heteroatoms. The molecule has 28 heavy (non-hydrogen) atoms. The van der Waals surface area contributed by atoms with E-state index in [1.54, 1.807) is 7.11 Å². The number of hydrogen-bond acceptors (Lipinski definition) is 5. The van der Waals surface area contributed by atoms with Crippen LogP contribution in [0.2, 0.25) is 0 Å². The van der Waals surface area contributed by atoms with E-state index in [1.807, 2.05) is 35.2 Å². The largest absolute Gasteiger partial charge is 0.497 e. The highest BCUT2D eigenvalue weighted by atomic mass is 16.7. The van der Waals surface area contributed by atoms with Crippen molar-refractivity contribution in [2.24, 2.45) is 0 Å². The maximum absolute atomic E-state index is 12.6. The van der Waals surface area contributed by atoms with E-state index in [4.69, 9.17) is 18.9 Å². The van der Waals surface area contributed by atoms with Gasteiger partial charge in [0, 0.05) is 16.6 Å². The highest BCUT2D eigenvalue weighted by Crippen LogP contribution is 2.45. The molecule has 0 saturated carbocycles. The molecular formula is C21H18N2O5. The van der Waals surface area contributed by atoms with Crippen LogP contribution in [0.1, 0.15) is 22.9 Å². The molecule has 1 saturated heterocycles. The third kappa shape index (κ3) is 2.07. The van der Waals surface area contributed by atoms with E-state index < -0.39 is 0 Å². The quantitative estimate of drug-likeness (QED) is 0.740. The second kappa shape index (κ2) is 5.58. The number of ether oxygens (including phenoxy) is 4. The van der Waals surface area contributed by atoms with Gasteiger partial charge in [0.25, 0.3) is 0 Å². The van der Waals surface area contributed by atoms with E-state index in [0.29, 0.717) is 12.4 Å². The van der Waals surface area contributed by atoms with Crippen molar-refractivity contribution in [2.75, 3.05) is 20.5 Å². The molecule has 6 rings (SSSR count). The summed E-state index contributed by atoms with van der Waals surface area (Å²) in [5, 5.41) is 1.12. The molecule has 1 fully saturated rings. The molecule has 0 bridgehead atoms. The van der Waals surface area contributed by atoms with Crippen LogP contribution in [0.25, 0.3) is 10.9 Å². The standard InChI is InChI=1S/C21H18N2O5/c1-25-13-3-4-16-14(8-13)15-7-12-9-26-21(24)23(12)20(19(15)22-16)11-2-5-17-18(6-11)28-10-27-17/h2-6,8,12,20,22H,7,9-10H2,1H3. The first-order valence-electron chi connectivity index (χ1n) is 9.26. The number of fused-ring (bicyclic) bond motifs is 5. The van der Waals surface area contributed by atoms with Gasteiger partial charge < -0.3 is 23.9 Å². The van der Waals surface area contributed by atoms with Crippen molar-refractivity contribution in [3.05, 3.63) is 53.2 Å². The van der Waals surface area contributed by atoms with Gasteiger partial charge in [0.2, 0.25) is 6.79 Å². The molecule has 0 spiro atoms. The Morgan fingerprint density at radius 2 is 2.00 bits per heavy atom. The topological polar surface area (TPSA) is 73.0 Å². The Balaban J connectivity index is 1.57. The zero-order chi connectivity index (χ0) is 18.8. The minimum absolute atomic E-state index is 0.000578. The van der Waals surface area contributed by atoms with Crippen molar-refractivity contribution in [3.8, 4) is 17.2 Å². The SMILES string of the molecule is COc1ccc2[nH]c3c(c2c1)CC1COC(=O)N1C3c1ccc2c(c1)OCO2. The molecule has 0 aliphatic carbocycles. The number of aromatic amines is 1. The Morgan fingerprint density at radius 1 is 1.11 bits per heavy atom. The zero-order valence-electron chi connectivity index (χ0n) is 15.2. The highest BCUT2D eigenvalue weighted by molar-refractivity contribution is 5.87. The van der Waals surface area contributed by atoms with E-state index in [1.165, 1.54) is 5.56 Å². The molecular weight excluding hydrogens is 360 g/mol. The van der Waals surface area contributed by atoms with E-state index in [2.05, 4.69) is 11.1 Å². The Bertz CT molecular complexity index is 1120. The number of benzene rings is 2. The summed E-state index contributed by atoms with van der Waals surface area (Å²) in [6.45, 7) is 0.616. The maximum atomic E-state index is 12.6. The van der Waals surface area contributed by atoms with Gasteiger partial charge in [-0.25, -0.2) is 4.79 Å². The summed E-state index contributed by atoms with van der Waals surface area (Å²) < 4.78 is 21.8. The summed E-state index contributed by atoms with van der Waals surface area (Å²) in [5.74, 6) is 2.24. The lowest BCUT2D eigenvalue weighted by atomic mass is 9.89. The Kier molecular flexibility index (Phi) is 3.12. The Hall–Kier alpha value is -3.35. The van der Waals surface area contributed by atoms with Gasteiger partial charge in [-0.3, -0.25) is 4.90 Å². The lowest BCUT2D eigenvalue weighted by Gasteiger charge is -2.35. The number of nitrogens with one attached hydrogen (secondary N) is 1. The van der Waals surface area contributed by atoms with Crippen molar-refractivity contribution < 1.29 is 23.7 Å². The van der Waals surface area contributed by atoms with E-state index in [-0.39, 0.29) is 25.0 Å². The number of H-pyrrole nitrogens is 1. The van der Waals surface area contributed by atoms with Crippen LogP contribution >= 0.6 is 0 Å². The van der Waals surface area contributed by atoms with Crippen LogP contribution in [0.5, 0.6) is 17.2 Å². The van der Waals surface area contributed by atoms with Crippen molar-refractivity contribution in [1.82, 2.24) is 9.88 Å². The van der Waals surface area contributed by atoms with Crippen LogP contribution < -0.4 is 14.2 Å². The van der Waals surface area contributed by atoms with E-state index >= 15 is 0 Å². The summed E-state index contributed by atoms with van der Waals surface area (Å²) in [7, 11) is 1.67. The average molecular weight is 378 g/mol. The third-order valence-corrected chi connectivity index (χ3v) is 5.85. The number of amides is 1. The van der Waals surface area contributed by atoms with Crippen molar-refractivity contribution in [2.45, 2.75) is 18.5 Å². The molecule has 4 heterocycles. The van der Waals surface area contributed by atoms with Gasteiger partial charge in [-0.15, -0.1) is 0 Å². The summed E-state index contributed by atoms with van der Waals surface area (Å²) in [6, 6.07) is 11.6. The summed E-state index contributed by atoms with van der Waals surface area (Å²) in [6.07, 6.45) is 0.463. The van der Waals surface area contributed by atoms with Crippen LogP contribution in [0.3, 0.4) is 0 Å². The fourth-order valence-corrected chi connectivity index (χ4v) is 4.56. The number of carbonyl (C=O) groups is 1.